The van der Waals surface area contributed by atoms with Gasteiger partial charge in [-0.05, 0) is 12.1 Å². The summed E-state index contributed by atoms with van der Waals surface area (Å²) in [6, 6.07) is 3.93. The van der Waals surface area contributed by atoms with Crippen LogP contribution < -0.4 is 5.32 Å². The van der Waals surface area contributed by atoms with Crippen LogP contribution in [-0.4, -0.2) is 60.4 Å². The molecule has 0 radical (unpaired) electrons. The highest BCUT2D eigenvalue weighted by Crippen LogP contribution is 2.23. The molecule has 0 spiro atoms. The number of aromatic hydroxyl groups is 2. The number of amides is 1. The van der Waals surface area contributed by atoms with Crippen LogP contribution in [-0.2, 0) is 4.74 Å². The summed E-state index contributed by atoms with van der Waals surface area (Å²) in [7, 11) is 1.66. The fourth-order valence-corrected chi connectivity index (χ4v) is 2.03. The van der Waals surface area contributed by atoms with Gasteiger partial charge >= 0.3 is 0 Å². The quantitative estimate of drug-likeness (QED) is 0.726. The van der Waals surface area contributed by atoms with Crippen LogP contribution in [0.5, 0.6) is 11.5 Å². The highest BCUT2D eigenvalue weighted by atomic mass is 16.5. The summed E-state index contributed by atoms with van der Waals surface area (Å²) in [4.78, 5) is 13.7. The number of benzene rings is 1. The molecule has 1 fully saturated rings. The first-order chi connectivity index (χ1) is 9.08. The predicted molar refractivity (Wildman–Crippen MR) is 69.3 cm³/mol. The number of hydrogen-bond donors (Lipinski definition) is 3. The fraction of sp³-hybridized carbons (Fsp3) is 0.462. The molecule has 3 N–H and O–H groups in total. The zero-order valence-corrected chi connectivity index (χ0v) is 10.8. The number of phenolic OH excluding ortho intramolecular Hbond substituents is 2. The van der Waals surface area contributed by atoms with Crippen molar-refractivity contribution in [2.45, 2.75) is 6.10 Å². The van der Waals surface area contributed by atoms with Gasteiger partial charge in [0.25, 0.3) is 5.91 Å². The number of nitrogens with one attached hydrogen (secondary N) is 1. The van der Waals surface area contributed by atoms with Crippen LogP contribution in [0.25, 0.3) is 0 Å². The smallest absolute Gasteiger partial charge is 0.257 e. The predicted octanol–water partition coefficient (Wildman–Crippen LogP) is 0.158. The summed E-state index contributed by atoms with van der Waals surface area (Å²) < 4.78 is 5.53. The third kappa shape index (κ3) is 3.36. The van der Waals surface area contributed by atoms with Crippen molar-refractivity contribution in [3.8, 4) is 11.5 Å². The van der Waals surface area contributed by atoms with E-state index in [4.69, 9.17) is 4.74 Å². The largest absolute Gasteiger partial charge is 0.508 e. The molecule has 6 heteroatoms. The Morgan fingerprint density at radius 3 is 2.95 bits per heavy atom. The van der Waals surface area contributed by atoms with E-state index in [1.807, 2.05) is 0 Å². The summed E-state index contributed by atoms with van der Waals surface area (Å²) in [5.41, 5.74) is 0.170. The van der Waals surface area contributed by atoms with Gasteiger partial charge in [-0.15, -0.1) is 0 Å². The highest BCUT2D eigenvalue weighted by molar-refractivity contribution is 5.96. The van der Waals surface area contributed by atoms with Crippen LogP contribution in [0.4, 0.5) is 0 Å². The summed E-state index contributed by atoms with van der Waals surface area (Å²) in [6.07, 6.45) is -0.0399. The molecule has 19 heavy (non-hydrogen) atoms. The van der Waals surface area contributed by atoms with E-state index < -0.39 is 0 Å². The summed E-state index contributed by atoms with van der Waals surface area (Å²) in [5.74, 6) is -0.595. The standard InChI is InChI=1S/C13H18N2O4/c1-15(8-10-7-14-4-5-19-10)13(18)11-3-2-9(16)6-12(11)17/h2-3,6,10,14,16-17H,4-5,7-8H2,1H3. The zero-order valence-electron chi connectivity index (χ0n) is 10.8. The summed E-state index contributed by atoms with van der Waals surface area (Å²) in [6.45, 7) is 2.62. The minimum Gasteiger partial charge on any atom is -0.508 e. The summed E-state index contributed by atoms with van der Waals surface area (Å²) >= 11 is 0. The maximum Gasteiger partial charge on any atom is 0.257 e. The molecule has 0 aromatic heterocycles. The second-order valence-electron chi connectivity index (χ2n) is 4.58. The first-order valence-corrected chi connectivity index (χ1v) is 6.17. The number of nitrogens with zero attached hydrogens (tertiary/aromatic N) is 1. The Kier molecular flexibility index (Phi) is 4.24. The fourth-order valence-electron chi connectivity index (χ4n) is 2.03. The average Bonchev–Trinajstić information content (AvgIpc) is 2.39. The van der Waals surface area contributed by atoms with Gasteiger partial charge in [-0.1, -0.05) is 0 Å². The van der Waals surface area contributed by atoms with E-state index in [0.717, 1.165) is 12.6 Å². The number of ether oxygens (including phenoxy) is 1. The molecule has 1 aromatic rings. The molecule has 104 valence electrons. The van der Waals surface area contributed by atoms with Gasteiger partial charge in [-0.3, -0.25) is 4.79 Å². The van der Waals surface area contributed by atoms with Crippen molar-refractivity contribution >= 4 is 5.91 Å². The molecule has 1 aromatic carbocycles. The van der Waals surface area contributed by atoms with E-state index in [-0.39, 0.29) is 29.1 Å². The monoisotopic (exact) mass is 266 g/mol. The Morgan fingerprint density at radius 1 is 1.53 bits per heavy atom. The lowest BCUT2D eigenvalue weighted by Crippen LogP contribution is -2.45. The van der Waals surface area contributed by atoms with Gasteiger partial charge in [0.15, 0.2) is 0 Å². The van der Waals surface area contributed by atoms with Crippen molar-refractivity contribution in [3.63, 3.8) is 0 Å². The van der Waals surface area contributed by atoms with Crippen molar-refractivity contribution < 1.29 is 19.7 Å². The van der Waals surface area contributed by atoms with Gasteiger partial charge < -0.3 is 25.2 Å². The van der Waals surface area contributed by atoms with Crippen LogP contribution in [0.1, 0.15) is 10.4 Å². The molecule has 6 nitrogen and oxygen atoms in total. The summed E-state index contributed by atoms with van der Waals surface area (Å²) in [5, 5.41) is 22.1. The lowest BCUT2D eigenvalue weighted by Gasteiger charge is -2.28. The first kappa shape index (κ1) is 13.6. The van der Waals surface area contributed by atoms with Gasteiger partial charge in [0, 0.05) is 32.7 Å². The number of carbonyl (C=O) groups excluding carboxylic acids is 1. The van der Waals surface area contributed by atoms with Crippen molar-refractivity contribution in [2.75, 3.05) is 33.3 Å². The van der Waals surface area contributed by atoms with E-state index in [9.17, 15) is 15.0 Å². The normalized spacial score (nSPS) is 19.1. The molecule has 1 atom stereocenters. The number of likely N-dealkylation sites (N-methyl/N-ethyl adjacent to an activating group) is 1. The molecule has 1 unspecified atom stereocenters. The van der Waals surface area contributed by atoms with Crippen molar-refractivity contribution in [3.05, 3.63) is 23.8 Å². The number of hydrogen-bond acceptors (Lipinski definition) is 5. The third-order valence-corrected chi connectivity index (χ3v) is 3.04. The third-order valence-electron chi connectivity index (χ3n) is 3.04. The Labute approximate surface area is 111 Å². The SMILES string of the molecule is CN(CC1CNCCO1)C(=O)c1ccc(O)cc1O. The van der Waals surface area contributed by atoms with Gasteiger partial charge in [0.05, 0.1) is 18.3 Å². The van der Waals surface area contributed by atoms with Crippen LogP contribution in [0, 0.1) is 0 Å². The van der Waals surface area contributed by atoms with Crippen molar-refractivity contribution in [1.82, 2.24) is 10.2 Å². The van der Waals surface area contributed by atoms with Gasteiger partial charge in [-0.2, -0.15) is 0 Å². The van der Waals surface area contributed by atoms with Crippen LogP contribution in [0.3, 0.4) is 0 Å². The maximum atomic E-state index is 12.2. The van der Waals surface area contributed by atoms with E-state index >= 15 is 0 Å². The van der Waals surface area contributed by atoms with E-state index in [1.165, 1.54) is 17.0 Å². The van der Waals surface area contributed by atoms with Crippen LogP contribution in [0.2, 0.25) is 0 Å². The molecular weight excluding hydrogens is 248 g/mol. The topological polar surface area (TPSA) is 82.0 Å². The van der Waals surface area contributed by atoms with Gasteiger partial charge in [-0.25, -0.2) is 0 Å². The number of carbonyl (C=O) groups is 1. The Morgan fingerprint density at radius 2 is 2.32 bits per heavy atom. The minimum atomic E-state index is -0.299. The number of phenols is 2. The van der Waals surface area contributed by atoms with E-state index in [1.54, 1.807) is 7.05 Å². The van der Waals surface area contributed by atoms with Gasteiger partial charge in [0.2, 0.25) is 0 Å². The molecular formula is C13H18N2O4. The molecule has 2 rings (SSSR count). The second kappa shape index (κ2) is 5.90. The lowest BCUT2D eigenvalue weighted by atomic mass is 10.1. The van der Waals surface area contributed by atoms with Crippen molar-refractivity contribution in [2.24, 2.45) is 0 Å². The minimum absolute atomic E-state index is 0.0399. The maximum absolute atomic E-state index is 12.2. The molecule has 0 bridgehead atoms. The van der Waals surface area contributed by atoms with Crippen molar-refractivity contribution in [1.29, 1.82) is 0 Å². The molecule has 1 amide bonds. The Balaban J connectivity index is 2.01. The second-order valence-corrected chi connectivity index (χ2v) is 4.58. The Hall–Kier alpha value is -1.79. The molecule has 1 saturated heterocycles. The number of morpholine rings is 1. The molecule has 1 aliphatic rings. The number of rotatable bonds is 3. The average molecular weight is 266 g/mol. The van der Waals surface area contributed by atoms with Crippen LogP contribution >= 0.6 is 0 Å². The molecule has 0 aliphatic carbocycles. The highest BCUT2D eigenvalue weighted by Gasteiger charge is 2.21. The first-order valence-electron chi connectivity index (χ1n) is 6.17. The Bertz CT molecular complexity index is 458. The molecule has 1 aliphatic heterocycles. The van der Waals surface area contributed by atoms with Gasteiger partial charge in [0.1, 0.15) is 11.5 Å². The van der Waals surface area contributed by atoms with E-state index in [0.29, 0.717) is 19.7 Å². The van der Waals surface area contributed by atoms with E-state index in [2.05, 4.69) is 5.32 Å². The lowest BCUT2D eigenvalue weighted by molar-refractivity contribution is 0.0103. The zero-order chi connectivity index (χ0) is 13.8. The molecule has 1 heterocycles. The molecule has 0 saturated carbocycles. The van der Waals surface area contributed by atoms with Crippen LogP contribution in [0.15, 0.2) is 18.2 Å².